The molecular weight excluding hydrogens is 480 g/mol. The summed E-state index contributed by atoms with van der Waals surface area (Å²) in [6, 6.07) is 16.7. The molecule has 0 bridgehead atoms. The van der Waals surface area contributed by atoms with Crippen molar-refractivity contribution in [1.82, 2.24) is 5.43 Å². The molecule has 3 aromatic carbocycles. The first kappa shape index (κ1) is 26.9. The van der Waals surface area contributed by atoms with E-state index in [1.807, 2.05) is 13.0 Å². The summed E-state index contributed by atoms with van der Waals surface area (Å²) in [4.78, 5) is 24.8. The second kappa shape index (κ2) is 13.4. The summed E-state index contributed by atoms with van der Waals surface area (Å²) in [5.74, 6) is 1.25. The van der Waals surface area contributed by atoms with Crippen LogP contribution in [0, 0.1) is 0 Å². The second-order valence-corrected chi connectivity index (χ2v) is 7.34. The van der Waals surface area contributed by atoms with Crippen LogP contribution in [0.5, 0.6) is 34.5 Å². The van der Waals surface area contributed by atoms with Crippen LogP contribution in [0.15, 0.2) is 65.8 Å². The number of rotatable bonds is 12. The summed E-state index contributed by atoms with van der Waals surface area (Å²) in [5.41, 5.74) is 3.20. The number of hydrazone groups is 1. The summed E-state index contributed by atoms with van der Waals surface area (Å²) in [6.45, 7) is 2.10. The molecule has 0 aliphatic carbocycles. The van der Waals surface area contributed by atoms with Crippen molar-refractivity contribution in [1.29, 1.82) is 0 Å². The molecule has 10 nitrogen and oxygen atoms in total. The average Bonchev–Trinajstić information content (AvgIpc) is 2.92. The van der Waals surface area contributed by atoms with Crippen LogP contribution in [0.3, 0.4) is 0 Å². The number of hydrogen-bond donors (Lipinski definition) is 1. The molecular formula is C27H28N2O8. The smallest absolute Gasteiger partial charge is 0.343 e. The Bertz CT molecular complexity index is 1230. The number of carbonyl (C=O) groups is 2. The molecule has 37 heavy (non-hydrogen) atoms. The number of nitrogens with zero attached hydrogens (tertiary/aromatic N) is 1. The molecule has 0 saturated carbocycles. The van der Waals surface area contributed by atoms with E-state index < -0.39 is 11.9 Å². The molecule has 10 heteroatoms. The van der Waals surface area contributed by atoms with Gasteiger partial charge in [-0.15, -0.1) is 0 Å². The number of amides is 1. The maximum atomic E-state index is 12.7. The fraction of sp³-hybridized carbons (Fsp3) is 0.222. The normalized spacial score (nSPS) is 10.5. The Hall–Kier alpha value is -4.73. The molecule has 0 spiro atoms. The number of nitrogens with one attached hydrogen (secondary N) is 1. The van der Waals surface area contributed by atoms with Gasteiger partial charge in [0.25, 0.3) is 5.91 Å². The first-order chi connectivity index (χ1) is 18.0. The molecule has 1 amide bonds. The van der Waals surface area contributed by atoms with Crippen molar-refractivity contribution >= 4 is 18.1 Å². The lowest BCUT2D eigenvalue weighted by Gasteiger charge is -2.13. The van der Waals surface area contributed by atoms with E-state index in [9.17, 15) is 9.59 Å². The van der Waals surface area contributed by atoms with Gasteiger partial charge in [0.1, 0.15) is 5.75 Å². The van der Waals surface area contributed by atoms with Gasteiger partial charge >= 0.3 is 5.97 Å². The lowest BCUT2D eigenvalue weighted by molar-refractivity contribution is -0.123. The van der Waals surface area contributed by atoms with E-state index in [4.69, 9.17) is 28.4 Å². The molecule has 0 unspecified atom stereocenters. The maximum absolute atomic E-state index is 12.7. The monoisotopic (exact) mass is 508 g/mol. The number of carbonyl (C=O) groups excluding carboxylic acids is 2. The number of ether oxygens (including phenoxy) is 6. The van der Waals surface area contributed by atoms with Gasteiger partial charge in [-0.2, -0.15) is 5.10 Å². The van der Waals surface area contributed by atoms with Crippen LogP contribution >= 0.6 is 0 Å². The number of hydrogen-bond acceptors (Lipinski definition) is 9. The van der Waals surface area contributed by atoms with Crippen LogP contribution < -0.4 is 33.8 Å². The molecule has 3 rings (SSSR count). The molecule has 1 N–H and O–H groups in total. The van der Waals surface area contributed by atoms with Gasteiger partial charge in [-0.05, 0) is 48.9 Å². The number of benzene rings is 3. The topological polar surface area (TPSA) is 114 Å². The fourth-order valence-electron chi connectivity index (χ4n) is 3.22. The molecule has 0 radical (unpaired) electrons. The molecule has 0 aliphatic rings. The van der Waals surface area contributed by atoms with E-state index in [1.54, 1.807) is 42.5 Å². The third-order valence-corrected chi connectivity index (χ3v) is 4.88. The largest absolute Gasteiger partial charge is 0.493 e. The van der Waals surface area contributed by atoms with Crippen molar-refractivity contribution in [2.75, 3.05) is 34.5 Å². The average molecular weight is 509 g/mol. The Morgan fingerprint density at radius 2 is 1.51 bits per heavy atom. The van der Waals surface area contributed by atoms with Crippen molar-refractivity contribution in [3.05, 3.63) is 71.8 Å². The summed E-state index contributed by atoms with van der Waals surface area (Å²) in [5, 5.41) is 3.93. The van der Waals surface area contributed by atoms with Crippen molar-refractivity contribution in [3.8, 4) is 34.5 Å². The van der Waals surface area contributed by atoms with Gasteiger partial charge < -0.3 is 28.4 Å². The van der Waals surface area contributed by atoms with Crippen LogP contribution in [0.4, 0.5) is 0 Å². The van der Waals surface area contributed by atoms with E-state index in [0.717, 1.165) is 0 Å². The van der Waals surface area contributed by atoms with Crippen LogP contribution in [0.1, 0.15) is 22.8 Å². The van der Waals surface area contributed by atoms with Gasteiger partial charge in [-0.1, -0.05) is 24.3 Å². The Kier molecular flexibility index (Phi) is 9.72. The Morgan fingerprint density at radius 1 is 0.838 bits per heavy atom. The van der Waals surface area contributed by atoms with Gasteiger partial charge in [0.15, 0.2) is 29.6 Å². The van der Waals surface area contributed by atoms with Gasteiger partial charge in [-0.3, -0.25) is 4.79 Å². The highest BCUT2D eigenvalue weighted by molar-refractivity contribution is 5.93. The zero-order valence-electron chi connectivity index (χ0n) is 21.0. The molecule has 0 heterocycles. The SMILES string of the molecule is CCOc1ccccc1OCC(=O)NN=Cc1cccc(OC(=O)c2cc(OC)c(OC)c(OC)c2)c1. The first-order valence-electron chi connectivity index (χ1n) is 11.3. The highest BCUT2D eigenvalue weighted by atomic mass is 16.5. The zero-order chi connectivity index (χ0) is 26.6. The van der Waals surface area contributed by atoms with Gasteiger partial charge in [0.05, 0.1) is 39.7 Å². The highest BCUT2D eigenvalue weighted by Crippen LogP contribution is 2.38. The van der Waals surface area contributed by atoms with Crippen LogP contribution in [0.2, 0.25) is 0 Å². The summed E-state index contributed by atoms with van der Waals surface area (Å²) < 4.78 is 32.3. The summed E-state index contributed by atoms with van der Waals surface area (Å²) in [6.07, 6.45) is 1.42. The van der Waals surface area contributed by atoms with Crippen molar-refractivity contribution in [2.24, 2.45) is 5.10 Å². The van der Waals surface area contributed by atoms with Crippen molar-refractivity contribution in [2.45, 2.75) is 6.92 Å². The van der Waals surface area contributed by atoms with Gasteiger partial charge in [-0.25, -0.2) is 10.2 Å². The number of methoxy groups -OCH3 is 3. The second-order valence-electron chi connectivity index (χ2n) is 7.34. The van der Waals surface area contributed by atoms with E-state index in [2.05, 4.69) is 10.5 Å². The van der Waals surface area contributed by atoms with E-state index in [0.29, 0.717) is 40.9 Å². The third kappa shape index (κ3) is 7.38. The lowest BCUT2D eigenvalue weighted by Crippen LogP contribution is -2.24. The molecule has 0 aromatic heterocycles. The predicted molar refractivity (Wildman–Crippen MR) is 136 cm³/mol. The highest BCUT2D eigenvalue weighted by Gasteiger charge is 2.18. The minimum absolute atomic E-state index is 0.215. The van der Waals surface area contributed by atoms with Crippen LogP contribution in [-0.2, 0) is 4.79 Å². The maximum Gasteiger partial charge on any atom is 0.343 e. The van der Waals surface area contributed by atoms with E-state index in [1.165, 1.54) is 39.7 Å². The van der Waals surface area contributed by atoms with Gasteiger partial charge in [0.2, 0.25) is 5.75 Å². The molecule has 194 valence electrons. The standard InChI is InChI=1S/C27H28N2O8/c1-5-35-21-11-6-7-12-22(21)36-17-25(30)29-28-16-18-9-8-10-20(13-18)37-27(31)19-14-23(32-2)26(34-4)24(15-19)33-3/h6-16H,5,17H2,1-4H3,(H,29,30). The van der Waals surface area contributed by atoms with Crippen LogP contribution in [-0.4, -0.2) is 52.6 Å². The molecule has 0 fully saturated rings. The lowest BCUT2D eigenvalue weighted by atomic mass is 10.1. The van der Waals surface area contributed by atoms with E-state index in [-0.39, 0.29) is 17.9 Å². The van der Waals surface area contributed by atoms with Crippen molar-refractivity contribution in [3.63, 3.8) is 0 Å². The van der Waals surface area contributed by atoms with Crippen LogP contribution in [0.25, 0.3) is 0 Å². The Labute approximate surface area is 214 Å². The third-order valence-electron chi connectivity index (χ3n) is 4.88. The zero-order valence-corrected chi connectivity index (χ0v) is 21.0. The minimum Gasteiger partial charge on any atom is -0.493 e. The number of para-hydroxylation sites is 2. The van der Waals surface area contributed by atoms with Gasteiger partial charge in [0, 0.05) is 0 Å². The molecule has 0 aliphatic heterocycles. The molecule has 0 atom stereocenters. The summed E-state index contributed by atoms with van der Waals surface area (Å²) >= 11 is 0. The molecule has 0 saturated heterocycles. The Morgan fingerprint density at radius 3 is 2.14 bits per heavy atom. The number of esters is 1. The molecule has 3 aromatic rings. The fourth-order valence-corrected chi connectivity index (χ4v) is 3.22. The summed E-state index contributed by atoms with van der Waals surface area (Å²) in [7, 11) is 4.39. The predicted octanol–water partition coefficient (Wildman–Crippen LogP) is 3.86. The van der Waals surface area contributed by atoms with Crippen molar-refractivity contribution < 1.29 is 38.0 Å². The minimum atomic E-state index is -0.619. The first-order valence-corrected chi connectivity index (χ1v) is 11.3. The quantitative estimate of drug-likeness (QED) is 0.170. The van der Waals surface area contributed by atoms with E-state index >= 15 is 0 Å². The Balaban J connectivity index is 1.59.